The van der Waals surface area contributed by atoms with Gasteiger partial charge in [0.05, 0.1) is 11.3 Å². The van der Waals surface area contributed by atoms with Crippen LogP contribution >= 0.6 is 0 Å². The lowest BCUT2D eigenvalue weighted by molar-refractivity contribution is -0.146. The van der Waals surface area contributed by atoms with Crippen LogP contribution < -0.4 is 5.32 Å². The van der Waals surface area contributed by atoms with Crippen LogP contribution in [-0.4, -0.2) is 23.0 Å². The molecule has 0 aromatic heterocycles. The van der Waals surface area contributed by atoms with Crippen molar-refractivity contribution >= 4 is 11.9 Å². The monoisotopic (exact) mass is 259 g/mol. The van der Waals surface area contributed by atoms with E-state index >= 15 is 0 Å². The van der Waals surface area contributed by atoms with Crippen LogP contribution in [0.4, 0.5) is 0 Å². The van der Waals surface area contributed by atoms with Gasteiger partial charge in [0, 0.05) is 6.04 Å². The Balaban J connectivity index is 1.61. The van der Waals surface area contributed by atoms with E-state index in [0.717, 1.165) is 18.4 Å². The highest BCUT2D eigenvalue weighted by Gasteiger charge is 2.52. The van der Waals surface area contributed by atoms with Gasteiger partial charge in [0.2, 0.25) is 5.91 Å². The van der Waals surface area contributed by atoms with Crippen LogP contribution in [-0.2, 0) is 15.0 Å². The number of carbonyl (C=O) groups is 2. The number of aliphatic carboxylic acids is 1. The fourth-order valence-electron chi connectivity index (χ4n) is 2.79. The Morgan fingerprint density at radius 2 is 1.79 bits per heavy atom. The molecule has 3 rings (SSSR count). The maximum atomic E-state index is 12.3. The summed E-state index contributed by atoms with van der Waals surface area (Å²) in [7, 11) is 0. The van der Waals surface area contributed by atoms with Crippen LogP contribution in [0.2, 0.25) is 0 Å². The van der Waals surface area contributed by atoms with Crippen LogP contribution in [0, 0.1) is 5.92 Å². The minimum absolute atomic E-state index is 0.0368. The van der Waals surface area contributed by atoms with E-state index in [2.05, 4.69) is 5.32 Å². The summed E-state index contributed by atoms with van der Waals surface area (Å²) in [6, 6.07) is 9.87. The summed E-state index contributed by atoms with van der Waals surface area (Å²) in [5.41, 5.74) is 0.719. The van der Waals surface area contributed by atoms with Gasteiger partial charge in [0.25, 0.3) is 0 Å². The third-order valence-corrected chi connectivity index (χ3v) is 4.33. The summed E-state index contributed by atoms with van der Waals surface area (Å²) in [5.74, 6) is -0.973. The fraction of sp³-hybridized carbons (Fsp3) is 0.467. The molecule has 0 atom stereocenters. The molecule has 0 unspecified atom stereocenters. The molecule has 0 radical (unpaired) electrons. The second-order valence-corrected chi connectivity index (χ2v) is 5.63. The number of benzene rings is 1. The normalized spacial score (nSPS) is 27.2. The lowest BCUT2D eigenvalue weighted by Gasteiger charge is -2.34. The average molecular weight is 259 g/mol. The summed E-state index contributed by atoms with van der Waals surface area (Å²) >= 11 is 0. The molecule has 4 nitrogen and oxygen atoms in total. The molecule has 2 aliphatic rings. The van der Waals surface area contributed by atoms with Crippen molar-refractivity contribution in [2.75, 3.05) is 0 Å². The first-order chi connectivity index (χ1) is 9.12. The largest absolute Gasteiger partial charge is 0.481 e. The molecule has 2 N–H and O–H groups in total. The van der Waals surface area contributed by atoms with Gasteiger partial charge in [0.15, 0.2) is 0 Å². The summed E-state index contributed by atoms with van der Waals surface area (Å²) in [6.45, 7) is 0. The first-order valence-electron chi connectivity index (χ1n) is 6.71. The third-order valence-electron chi connectivity index (χ3n) is 4.33. The second kappa shape index (κ2) is 4.37. The average Bonchev–Trinajstić information content (AvgIpc) is 3.15. The minimum atomic E-state index is -0.755. The number of nitrogens with one attached hydrogen (secondary N) is 1. The van der Waals surface area contributed by atoms with E-state index in [9.17, 15) is 9.59 Å². The molecular formula is C15H17NO3. The number of rotatable bonds is 4. The number of hydrogen-bond donors (Lipinski definition) is 2. The standard InChI is InChI=1S/C15H17NO3/c17-13(18)10-8-12(9-10)16-14(19)15(6-7-15)11-4-2-1-3-5-11/h1-5,10,12H,6-9H2,(H,16,19)(H,17,18). The molecule has 1 aromatic rings. The van der Waals surface area contributed by atoms with Gasteiger partial charge >= 0.3 is 5.97 Å². The van der Waals surface area contributed by atoms with Crippen molar-refractivity contribution in [2.45, 2.75) is 37.1 Å². The Hall–Kier alpha value is -1.84. The van der Waals surface area contributed by atoms with Crippen molar-refractivity contribution in [1.82, 2.24) is 5.32 Å². The van der Waals surface area contributed by atoms with E-state index in [-0.39, 0.29) is 23.3 Å². The molecule has 2 saturated carbocycles. The van der Waals surface area contributed by atoms with E-state index in [1.54, 1.807) is 0 Å². The van der Waals surface area contributed by atoms with Crippen molar-refractivity contribution in [3.05, 3.63) is 35.9 Å². The number of carbonyl (C=O) groups excluding carboxylic acids is 1. The number of hydrogen-bond acceptors (Lipinski definition) is 2. The molecule has 2 fully saturated rings. The van der Waals surface area contributed by atoms with E-state index in [1.807, 2.05) is 30.3 Å². The minimum Gasteiger partial charge on any atom is -0.481 e. The molecule has 19 heavy (non-hydrogen) atoms. The molecule has 0 saturated heterocycles. The highest BCUT2D eigenvalue weighted by Crippen LogP contribution is 2.48. The molecule has 2 aliphatic carbocycles. The van der Waals surface area contributed by atoms with Crippen LogP contribution in [0.3, 0.4) is 0 Å². The van der Waals surface area contributed by atoms with E-state index in [0.29, 0.717) is 12.8 Å². The molecule has 100 valence electrons. The Morgan fingerprint density at radius 3 is 2.32 bits per heavy atom. The maximum absolute atomic E-state index is 12.3. The van der Waals surface area contributed by atoms with Gasteiger partial charge in [-0.15, -0.1) is 0 Å². The van der Waals surface area contributed by atoms with Gasteiger partial charge in [-0.1, -0.05) is 30.3 Å². The highest BCUT2D eigenvalue weighted by molar-refractivity contribution is 5.91. The van der Waals surface area contributed by atoms with Gasteiger partial charge in [-0.2, -0.15) is 0 Å². The molecule has 0 bridgehead atoms. The lowest BCUT2D eigenvalue weighted by atomic mass is 9.80. The predicted octanol–water partition coefficient (Wildman–Crippen LogP) is 1.70. The summed E-state index contributed by atoms with van der Waals surface area (Å²) in [6.07, 6.45) is 2.90. The summed E-state index contributed by atoms with van der Waals surface area (Å²) < 4.78 is 0. The number of amides is 1. The van der Waals surface area contributed by atoms with Crippen LogP contribution in [0.25, 0.3) is 0 Å². The lowest BCUT2D eigenvalue weighted by Crippen LogP contribution is -2.49. The van der Waals surface area contributed by atoms with Gasteiger partial charge in [0.1, 0.15) is 0 Å². The molecule has 1 amide bonds. The Labute approximate surface area is 111 Å². The number of carboxylic acids is 1. The third kappa shape index (κ3) is 2.11. The zero-order valence-corrected chi connectivity index (χ0v) is 10.6. The van der Waals surface area contributed by atoms with E-state index in [4.69, 9.17) is 5.11 Å². The van der Waals surface area contributed by atoms with Crippen molar-refractivity contribution in [2.24, 2.45) is 5.92 Å². The maximum Gasteiger partial charge on any atom is 0.306 e. The van der Waals surface area contributed by atoms with Gasteiger partial charge in [-0.05, 0) is 31.2 Å². The molecule has 0 spiro atoms. The van der Waals surface area contributed by atoms with Crippen LogP contribution in [0.5, 0.6) is 0 Å². The first kappa shape index (κ1) is 12.2. The quantitative estimate of drug-likeness (QED) is 0.864. The van der Waals surface area contributed by atoms with Crippen molar-refractivity contribution < 1.29 is 14.7 Å². The van der Waals surface area contributed by atoms with Gasteiger partial charge in [-0.25, -0.2) is 0 Å². The molecule has 4 heteroatoms. The topological polar surface area (TPSA) is 66.4 Å². The predicted molar refractivity (Wildman–Crippen MR) is 69.6 cm³/mol. The number of carboxylic acid groups (broad SMARTS) is 1. The van der Waals surface area contributed by atoms with Crippen molar-refractivity contribution in [3.63, 3.8) is 0 Å². The summed E-state index contributed by atoms with van der Waals surface area (Å²) in [5, 5.41) is 11.8. The van der Waals surface area contributed by atoms with Crippen LogP contribution in [0.1, 0.15) is 31.2 Å². The van der Waals surface area contributed by atoms with E-state index in [1.165, 1.54) is 0 Å². The molecule has 0 aliphatic heterocycles. The zero-order chi connectivity index (χ0) is 13.5. The second-order valence-electron chi connectivity index (χ2n) is 5.63. The Kier molecular flexibility index (Phi) is 2.81. The first-order valence-corrected chi connectivity index (χ1v) is 6.71. The Bertz CT molecular complexity index is 501. The van der Waals surface area contributed by atoms with Crippen molar-refractivity contribution in [3.8, 4) is 0 Å². The summed E-state index contributed by atoms with van der Waals surface area (Å²) in [4.78, 5) is 23.1. The SMILES string of the molecule is O=C(O)C1CC(NC(=O)C2(c3ccccc3)CC2)C1. The van der Waals surface area contributed by atoms with Crippen molar-refractivity contribution in [1.29, 1.82) is 0 Å². The molecule has 1 aromatic carbocycles. The van der Waals surface area contributed by atoms with E-state index < -0.39 is 5.97 Å². The smallest absolute Gasteiger partial charge is 0.306 e. The highest BCUT2D eigenvalue weighted by atomic mass is 16.4. The van der Waals surface area contributed by atoms with Gasteiger partial charge < -0.3 is 10.4 Å². The van der Waals surface area contributed by atoms with Gasteiger partial charge in [-0.3, -0.25) is 9.59 Å². The zero-order valence-electron chi connectivity index (χ0n) is 10.6. The molecule has 0 heterocycles. The fourth-order valence-corrected chi connectivity index (χ4v) is 2.79. The Morgan fingerprint density at radius 1 is 1.16 bits per heavy atom. The van der Waals surface area contributed by atoms with Crippen LogP contribution in [0.15, 0.2) is 30.3 Å². The molecular weight excluding hydrogens is 242 g/mol.